The number of aromatic nitrogens is 4. The van der Waals surface area contributed by atoms with E-state index in [2.05, 4.69) is 15.3 Å². The number of ether oxygens (including phenoxy) is 2. The molecule has 0 spiro atoms. The molecule has 0 aliphatic carbocycles. The van der Waals surface area contributed by atoms with Gasteiger partial charge in [-0.15, -0.1) is 16.4 Å². The Morgan fingerprint density at radius 1 is 1.17 bits per heavy atom. The van der Waals surface area contributed by atoms with Gasteiger partial charge in [0, 0.05) is 13.5 Å². The van der Waals surface area contributed by atoms with Crippen molar-refractivity contribution in [3.05, 3.63) is 59.4 Å². The normalized spacial score (nSPS) is 12.0. The molecule has 0 atom stereocenters. The highest BCUT2D eigenvalue weighted by Gasteiger charge is 2.32. The molecule has 4 aromatic rings. The van der Waals surface area contributed by atoms with Crippen LogP contribution in [0.4, 0.5) is 13.2 Å². The van der Waals surface area contributed by atoms with Crippen LogP contribution in [0.1, 0.15) is 30.7 Å². The molecule has 41 heavy (non-hydrogen) atoms. The van der Waals surface area contributed by atoms with Crippen LogP contribution in [0.2, 0.25) is 0 Å². The van der Waals surface area contributed by atoms with E-state index in [9.17, 15) is 31.2 Å². The lowest BCUT2D eigenvalue weighted by atomic mass is 10.1. The Labute approximate surface area is 235 Å². The average Bonchev–Trinajstić information content (AvgIpc) is 3.53. The summed E-state index contributed by atoms with van der Waals surface area (Å²) in [5.41, 5.74) is 0.00222. The summed E-state index contributed by atoms with van der Waals surface area (Å²) >= 11 is 0.874. The number of hydrogen-bond acceptors (Lipinski definition) is 10. The fraction of sp³-hybridized carbons (Fsp3) is 0.292. The van der Waals surface area contributed by atoms with Crippen LogP contribution in [0.25, 0.3) is 15.9 Å². The van der Waals surface area contributed by atoms with Crippen molar-refractivity contribution in [2.75, 3.05) is 13.2 Å². The Hall–Kier alpha value is -4.09. The van der Waals surface area contributed by atoms with Crippen LogP contribution in [0.5, 0.6) is 5.75 Å². The minimum absolute atomic E-state index is 0.00436. The molecule has 2 heterocycles. The maximum atomic E-state index is 13.5. The Balaban J connectivity index is 1.58. The zero-order valence-electron chi connectivity index (χ0n) is 21.6. The van der Waals surface area contributed by atoms with Crippen molar-refractivity contribution < 1.29 is 40.7 Å². The van der Waals surface area contributed by atoms with Crippen LogP contribution in [0, 0.1) is 0 Å². The molecular weight excluding hydrogens is 589 g/mol. The van der Waals surface area contributed by atoms with Crippen LogP contribution in [-0.4, -0.2) is 58.3 Å². The van der Waals surface area contributed by atoms with Gasteiger partial charge in [0.2, 0.25) is 10.2 Å². The molecule has 0 saturated carbocycles. The van der Waals surface area contributed by atoms with Gasteiger partial charge >= 0.3 is 12.1 Å². The number of nitrogens with two attached hydrogens (primary N) is 1. The fourth-order valence-corrected chi connectivity index (χ4v) is 5.35. The van der Waals surface area contributed by atoms with E-state index in [4.69, 9.17) is 14.6 Å². The number of alkyl halides is 3. The van der Waals surface area contributed by atoms with Crippen molar-refractivity contribution in [3.63, 3.8) is 0 Å². The molecule has 2 N–H and O–H groups in total. The topological polar surface area (TPSA) is 160 Å². The molecule has 1 amide bonds. The van der Waals surface area contributed by atoms with Crippen molar-refractivity contribution in [3.8, 4) is 11.4 Å². The van der Waals surface area contributed by atoms with Crippen LogP contribution in [0.3, 0.4) is 0 Å². The maximum absolute atomic E-state index is 13.5. The van der Waals surface area contributed by atoms with Crippen LogP contribution in [0.15, 0.2) is 46.9 Å². The van der Waals surface area contributed by atoms with Crippen LogP contribution in [-0.2, 0) is 43.7 Å². The van der Waals surface area contributed by atoms with E-state index in [-0.39, 0.29) is 47.6 Å². The first-order valence-electron chi connectivity index (χ1n) is 11.8. The van der Waals surface area contributed by atoms with Gasteiger partial charge in [-0.2, -0.15) is 13.2 Å². The molecule has 4 rings (SSSR count). The van der Waals surface area contributed by atoms with Crippen molar-refractivity contribution >= 4 is 43.5 Å². The van der Waals surface area contributed by atoms with E-state index < -0.39 is 33.6 Å². The number of hydrogen-bond donors (Lipinski definition) is 1. The second-order valence-electron chi connectivity index (χ2n) is 8.62. The molecule has 0 fully saturated rings. The van der Waals surface area contributed by atoms with Crippen molar-refractivity contribution in [2.45, 2.75) is 37.5 Å². The number of primary sulfonamides is 1. The quantitative estimate of drug-likeness (QED) is 0.266. The van der Waals surface area contributed by atoms with E-state index in [0.717, 1.165) is 33.1 Å². The summed E-state index contributed by atoms with van der Waals surface area (Å²) in [4.78, 5) is 29.2. The molecule has 0 saturated heterocycles. The van der Waals surface area contributed by atoms with E-state index in [1.54, 1.807) is 25.1 Å². The van der Waals surface area contributed by atoms with Crippen LogP contribution < -0.4 is 9.88 Å². The van der Waals surface area contributed by atoms with E-state index >= 15 is 0 Å². The molecule has 17 heteroatoms. The third-order valence-corrected chi connectivity index (χ3v) is 7.94. The maximum Gasteiger partial charge on any atom is 0.416 e. The summed E-state index contributed by atoms with van der Waals surface area (Å²) in [6.07, 6.45) is -3.28. The molecule has 0 unspecified atom stereocenters. The van der Waals surface area contributed by atoms with Crippen molar-refractivity contribution in [1.82, 2.24) is 24.9 Å². The number of carbonyl (C=O) groups excluding carboxylic acids is 2. The lowest BCUT2D eigenvalue weighted by molar-refractivity contribution is -0.148. The first-order valence-corrected chi connectivity index (χ1v) is 14.2. The molecule has 0 aliphatic rings. The van der Waals surface area contributed by atoms with Gasteiger partial charge in [0.05, 0.1) is 34.3 Å². The minimum Gasteiger partial charge on any atom is -0.487 e. The third kappa shape index (κ3) is 7.36. The number of fused-ring (bicyclic) bond motifs is 1. The van der Waals surface area contributed by atoms with Crippen LogP contribution >= 0.6 is 11.3 Å². The lowest BCUT2D eigenvalue weighted by Crippen LogP contribution is -2.34. The van der Waals surface area contributed by atoms with E-state index in [1.165, 1.54) is 19.2 Å². The largest absolute Gasteiger partial charge is 0.487 e. The van der Waals surface area contributed by atoms with Gasteiger partial charge in [-0.05, 0) is 42.8 Å². The predicted octanol–water partition coefficient (Wildman–Crippen LogP) is 3.03. The number of rotatable bonds is 10. The molecule has 0 radical (unpaired) electrons. The average molecular weight is 613 g/mol. The van der Waals surface area contributed by atoms with Gasteiger partial charge in [0.15, 0.2) is 0 Å². The van der Waals surface area contributed by atoms with Gasteiger partial charge in [-0.1, -0.05) is 11.3 Å². The Morgan fingerprint density at radius 2 is 1.93 bits per heavy atom. The second-order valence-corrected chi connectivity index (χ2v) is 11.4. The van der Waals surface area contributed by atoms with Gasteiger partial charge < -0.3 is 14.4 Å². The SMILES string of the molecule is CCOC(=O)CN(Cc1ccc(C(F)(F)F)cc1-n1cc(COc2ccc3nc(S(N)(=O)=O)sc3c2)nn1)C(C)=O. The smallest absolute Gasteiger partial charge is 0.416 e. The van der Waals surface area contributed by atoms with Gasteiger partial charge in [0.1, 0.15) is 24.6 Å². The number of benzene rings is 2. The summed E-state index contributed by atoms with van der Waals surface area (Å²) < 4.78 is 75.7. The Morgan fingerprint density at radius 3 is 2.59 bits per heavy atom. The highest BCUT2D eigenvalue weighted by molar-refractivity contribution is 7.91. The molecule has 2 aromatic carbocycles. The summed E-state index contributed by atoms with van der Waals surface area (Å²) in [6.45, 7) is 2.24. The molecular formula is C24H23F3N6O6S2. The number of amides is 1. The number of esters is 1. The Kier molecular flexibility index (Phi) is 8.60. The molecule has 0 aliphatic heterocycles. The molecule has 2 aromatic heterocycles. The molecule has 12 nitrogen and oxygen atoms in total. The van der Waals surface area contributed by atoms with E-state index in [0.29, 0.717) is 16.0 Å². The van der Waals surface area contributed by atoms with Gasteiger partial charge in [-0.25, -0.2) is 23.2 Å². The van der Waals surface area contributed by atoms with Crippen molar-refractivity contribution in [1.29, 1.82) is 0 Å². The second kappa shape index (κ2) is 11.8. The summed E-state index contributed by atoms with van der Waals surface area (Å²) in [6, 6.07) is 7.63. The first kappa shape index (κ1) is 29.9. The minimum atomic E-state index is -4.65. The number of nitrogens with zero attached hydrogens (tertiary/aromatic N) is 5. The number of carbonyl (C=O) groups is 2. The third-order valence-electron chi connectivity index (χ3n) is 5.60. The predicted molar refractivity (Wildman–Crippen MR) is 139 cm³/mol. The summed E-state index contributed by atoms with van der Waals surface area (Å²) in [7, 11) is -3.96. The molecule has 0 bridgehead atoms. The lowest BCUT2D eigenvalue weighted by Gasteiger charge is -2.22. The summed E-state index contributed by atoms with van der Waals surface area (Å²) in [5, 5.41) is 13.0. The zero-order chi connectivity index (χ0) is 29.9. The van der Waals surface area contributed by atoms with E-state index in [1.807, 2.05) is 0 Å². The summed E-state index contributed by atoms with van der Waals surface area (Å²) in [5.74, 6) is -0.785. The van der Waals surface area contributed by atoms with Crippen molar-refractivity contribution in [2.24, 2.45) is 5.14 Å². The standard InChI is InChI=1S/C24H23F3N6O6S2/c1-3-38-22(35)12-32(14(2)34)10-15-4-5-16(24(25,26)27)8-20(15)33-11-17(30-31-33)13-39-18-6-7-19-21(9-18)40-23(29-19)41(28,36)37/h4-9,11H,3,10,12-13H2,1-2H3,(H2,28,36,37). The monoisotopic (exact) mass is 612 g/mol. The Bertz CT molecular complexity index is 1700. The number of thiazole rings is 1. The highest BCUT2D eigenvalue weighted by Crippen LogP contribution is 2.32. The highest BCUT2D eigenvalue weighted by atomic mass is 32.2. The number of sulfonamides is 1. The zero-order valence-corrected chi connectivity index (χ0v) is 23.2. The van der Waals surface area contributed by atoms with Gasteiger partial charge in [0.25, 0.3) is 10.0 Å². The fourth-order valence-electron chi connectivity index (χ4n) is 3.67. The first-order chi connectivity index (χ1) is 19.2. The molecule has 218 valence electrons. The number of halogens is 3. The van der Waals surface area contributed by atoms with Gasteiger partial charge in [-0.3, -0.25) is 9.59 Å².